The molecular weight excluding hydrogens is 232 g/mol. The summed E-state index contributed by atoms with van der Waals surface area (Å²) in [5.74, 6) is -1.24. The third-order valence-electron chi connectivity index (χ3n) is 4.07. The Balaban J connectivity index is 2.58. The Labute approximate surface area is 108 Å². The summed E-state index contributed by atoms with van der Waals surface area (Å²) in [6.07, 6.45) is 4.22. The van der Waals surface area contributed by atoms with Gasteiger partial charge in [0.25, 0.3) is 0 Å². The van der Waals surface area contributed by atoms with Gasteiger partial charge < -0.3 is 16.2 Å². The van der Waals surface area contributed by atoms with Crippen molar-refractivity contribution in [2.45, 2.75) is 52.0 Å². The van der Waals surface area contributed by atoms with E-state index in [4.69, 9.17) is 5.73 Å². The molecule has 0 bridgehead atoms. The lowest BCUT2D eigenvalue weighted by Crippen LogP contribution is -2.47. The van der Waals surface area contributed by atoms with E-state index in [9.17, 15) is 14.7 Å². The number of carbonyl (C=O) groups excluding carboxylic acids is 1. The maximum absolute atomic E-state index is 11.8. The average Bonchev–Trinajstić information content (AvgIpc) is 2.35. The highest BCUT2D eigenvalue weighted by molar-refractivity contribution is 5.81. The number of rotatable bonds is 5. The van der Waals surface area contributed by atoms with Crippen molar-refractivity contribution < 1.29 is 14.7 Å². The van der Waals surface area contributed by atoms with E-state index in [1.165, 1.54) is 0 Å². The zero-order valence-electron chi connectivity index (χ0n) is 11.2. The number of carboxylic acid groups (broad SMARTS) is 1. The Bertz CT molecular complexity index is 309. The summed E-state index contributed by atoms with van der Waals surface area (Å²) in [7, 11) is 0. The standard InChI is InChI=1S/C13H24N2O3/c1-9(10(2)14)11(16)15-8-13(12(17)18)6-4-3-5-7-13/h9-10H,3-8,14H2,1-2H3,(H,15,16)(H,17,18). The molecule has 0 spiro atoms. The summed E-state index contributed by atoms with van der Waals surface area (Å²) < 4.78 is 0. The van der Waals surface area contributed by atoms with Gasteiger partial charge in [0.15, 0.2) is 0 Å². The van der Waals surface area contributed by atoms with E-state index in [1.54, 1.807) is 13.8 Å². The number of nitrogens with one attached hydrogen (secondary N) is 1. The molecule has 4 N–H and O–H groups in total. The fraction of sp³-hybridized carbons (Fsp3) is 0.846. The van der Waals surface area contributed by atoms with E-state index < -0.39 is 11.4 Å². The van der Waals surface area contributed by atoms with Crippen LogP contribution in [0, 0.1) is 11.3 Å². The van der Waals surface area contributed by atoms with E-state index in [2.05, 4.69) is 5.32 Å². The van der Waals surface area contributed by atoms with Crippen LogP contribution >= 0.6 is 0 Å². The fourth-order valence-electron chi connectivity index (χ4n) is 2.35. The molecule has 1 saturated carbocycles. The summed E-state index contributed by atoms with van der Waals surface area (Å²) in [4.78, 5) is 23.2. The number of amides is 1. The third kappa shape index (κ3) is 3.45. The predicted octanol–water partition coefficient (Wildman–Crippen LogP) is 1.12. The fourth-order valence-corrected chi connectivity index (χ4v) is 2.35. The van der Waals surface area contributed by atoms with Crippen molar-refractivity contribution in [3.63, 3.8) is 0 Å². The van der Waals surface area contributed by atoms with Crippen LogP contribution in [-0.2, 0) is 9.59 Å². The number of carboxylic acids is 1. The molecule has 1 aliphatic rings. The maximum Gasteiger partial charge on any atom is 0.311 e. The minimum absolute atomic E-state index is 0.156. The van der Waals surface area contributed by atoms with Gasteiger partial charge in [0.2, 0.25) is 5.91 Å². The van der Waals surface area contributed by atoms with E-state index in [-0.39, 0.29) is 24.4 Å². The molecule has 0 aromatic heterocycles. The van der Waals surface area contributed by atoms with Gasteiger partial charge in [0.05, 0.1) is 5.41 Å². The molecule has 2 unspecified atom stereocenters. The minimum Gasteiger partial charge on any atom is -0.481 e. The molecule has 0 radical (unpaired) electrons. The van der Waals surface area contributed by atoms with E-state index >= 15 is 0 Å². The molecular formula is C13H24N2O3. The van der Waals surface area contributed by atoms with Crippen molar-refractivity contribution in [3.8, 4) is 0 Å². The first-order valence-electron chi connectivity index (χ1n) is 6.66. The maximum atomic E-state index is 11.8. The van der Waals surface area contributed by atoms with Gasteiger partial charge in [-0.05, 0) is 19.8 Å². The topological polar surface area (TPSA) is 92.4 Å². The van der Waals surface area contributed by atoms with Crippen molar-refractivity contribution in [2.24, 2.45) is 17.1 Å². The number of hydrogen-bond acceptors (Lipinski definition) is 3. The van der Waals surface area contributed by atoms with Crippen molar-refractivity contribution in [1.29, 1.82) is 0 Å². The van der Waals surface area contributed by atoms with Crippen LogP contribution in [0.25, 0.3) is 0 Å². The van der Waals surface area contributed by atoms with Crippen LogP contribution in [0.4, 0.5) is 0 Å². The van der Waals surface area contributed by atoms with Gasteiger partial charge in [0, 0.05) is 18.5 Å². The van der Waals surface area contributed by atoms with Gasteiger partial charge >= 0.3 is 5.97 Å². The van der Waals surface area contributed by atoms with Gasteiger partial charge in [-0.1, -0.05) is 26.2 Å². The molecule has 2 atom stereocenters. The average molecular weight is 256 g/mol. The quantitative estimate of drug-likeness (QED) is 0.687. The van der Waals surface area contributed by atoms with Crippen LogP contribution in [0.15, 0.2) is 0 Å². The third-order valence-corrected chi connectivity index (χ3v) is 4.07. The molecule has 104 valence electrons. The second-order valence-electron chi connectivity index (χ2n) is 5.51. The molecule has 0 saturated heterocycles. The Morgan fingerprint density at radius 1 is 1.28 bits per heavy atom. The second kappa shape index (κ2) is 6.18. The lowest BCUT2D eigenvalue weighted by atomic mass is 9.74. The summed E-state index contributed by atoms with van der Waals surface area (Å²) >= 11 is 0. The predicted molar refractivity (Wildman–Crippen MR) is 69.0 cm³/mol. The molecule has 5 nitrogen and oxygen atoms in total. The molecule has 0 aromatic rings. The molecule has 1 amide bonds. The molecule has 1 fully saturated rings. The number of aliphatic carboxylic acids is 1. The number of hydrogen-bond donors (Lipinski definition) is 3. The van der Waals surface area contributed by atoms with Crippen LogP contribution in [0.1, 0.15) is 46.0 Å². The zero-order chi connectivity index (χ0) is 13.8. The van der Waals surface area contributed by atoms with Gasteiger partial charge in [-0.25, -0.2) is 0 Å². The minimum atomic E-state index is -0.795. The van der Waals surface area contributed by atoms with E-state index in [1.807, 2.05) is 0 Å². The lowest BCUT2D eigenvalue weighted by molar-refractivity contribution is -0.151. The largest absolute Gasteiger partial charge is 0.481 e. The molecule has 5 heteroatoms. The van der Waals surface area contributed by atoms with Crippen molar-refractivity contribution in [3.05, 3.63) is 0 Å². The van der Waals surface area contributed by atoms with Crippen LogP contribution in [-0.4, -0.2) is 29.6 Å². The smallest absolute Gasteiger partial charge is 0.311 e. The summed E-state index contributed by atoms with van der Waals surface area (Å²) in [6, 6.07) is -0.225. The van der Waals surface area contributed by atoms with Gasteiger partial charge in [0.1, 0.15) is 0 Å². The van der Waals surface area contributed by atoms with Crippen LogP contribution in [0.5, 0.6) is 0 Å². The Hall–Kier alpha value is -1.10. The Kier molecular flexibility index (Phi) is 5.14. The van der Waals surface area contributed by atoms with E-state index in [0.29, 0.717) is 12.8 Å². The van der Waals surface area contributed by atoms with Gasteiger partial charge in [-0.3, -0.25) is 9.59 Å². The van der Waals surface area contributed by atoms with Crippen LogP contribution in [0.2, 0.25) is 0 Å². The zero-order valence-corrected chi connectivity index (χ0v) is 11.2. The first-order chi connectivity index (χ1) is 8.39. The molecule has 1 rings (SSSR count). The lowest BCUT2D eigenvalue weighted by Gasteiger charge is -2.33. The molecule has 0 heterocycles. The monoisotopic (exact) mass is 256 g/mol. The van der Waals surface area contributed by atoms with Crippen LogP contribution in [0.3, 0.4) is 0 Å². The number of carbonyl (C=O) groups is 2. The first-order valence-corrected chi connectivity index (χ1v) is 6.66. The first kappa shape index (κ1) is 15.0. The van der Waals surface area contributed by atoms with Gasteiger partial charge in [-0.2, -0.15) is 0 Å². The molecule has 18 heavy (non-hydrogen) atoms. The Morgan fingerprint density at radius 2 is 1.83 bits per heavy atom. The molecule has 0 aliphatic heterocycles. The highest BCUT2D eigenvalue weighted by Crippen LogP contribution is 2.36. The van der Waals surface area contributed by atoms with Crippen molar-refractivity contribution >= 4 is 11.9 Å². The highest BCUT2D eigenvalue weighted by Gasteiger charge is 2.40. The van der Waals surface area contributed by atoms with Crippen LogP contribution < -0.4 is 11.1 Å². The summed E-state index contributed by atoms with van der Waals surface area (Å²) in [5, 5.41) is 12.1. The number of nitrogens with two attached hydrogens (primary N) is 1. The van der Waals surface area contributed by atoms with Crippen molar-refractivity contribution in [2.75, 3.05) is 6.54 Å². The molecule has 0 aromatic carbocycles. The van der Waals surface area contributed by atoms with E-state index in [0.717, 1.165) is 19.3 Å². The second-order valence-corrected chi connectivity index (χ2v) is 5.51. The summed E-state index contributed by atoms with van der Waals surface area (Å²) in [5.41, 5.74) is 4.89. The SMILES string of the molecule is CC(N)C(C)C(=O)NCC1(C(=O)O)CCCCC1. The molecule has 1 aliphatic carbocycles. The summed E-state index contributed by atoms with van der Waals surface area (Å²) in [6.45, 7) is 3.75. The van der Waals surface area contributed by atoms with Gasteiger partial charge in [-0.15, -0.1) is 0 Å². The Morgan fingerprint density at radius 3 is 2.28 bits per heavy atom. The van der Waals surface area contributed by atoms with Crippen molar-refractivity contribution in [1.82, 2.24) is 5.32 Å². The highest BCUT2D eigenvalue weighted by atomic mass is 16.4. The normalized spacial score (nSPS) is 21.9.